The molecule has 8 heteroatoms. The van der Waals surface area contributed by atoms with Crippen molar-refractivity contribution in [1.29, 1.82) is 10.5 Å². The molecule has 0 aliphatic carbocycles. The first-order chi connectivity index (χ1) is 26.7. The fourth-order valence-electron chi connectivity index (χ4n) is 7.88. The van der Waals surface area contributed by atoms with E-state index in [-0.39, 0.29) is 0 Å². The van der Waals surface area contributed by atoms with Crippen LogP contribution in [0.3, 0.4) is 0 Å². The Kier molecular flexibility index (Phi) is 7.57. The van der Waals surface area contributed by atoms with E-state index in [0.717, 1.165) is 55.4 Å². The van der Waals surface area contributed by atoms with E-state index < -0.39 is 11.7 Å². The number of aryl methyl sites for hydroxylation is 1. The molecule has 0 atom stereocenters. The van der Waals surface area contributed by atoms with Gasteiger partial charge in [0.05, 0.1) is 63.2 Å². The third kappa shape index (κ3) is 5.38. The number of alkyl halides is 3. The van der Waals surface area contributed by atoms with E-state index in [2.05, 4.69) is 26.1 Å². The summed E-state index contributed by atoms with van der Waals surface area (Å²) < 4.78 is 47.1. The molecule has 5 nitrogen and oxygen atoms in total. The third-order valence-corrected chi connectivity index (χ3v) is 10.2. The highest BCUT2D eigenvalue weighted by Crippen LogP contribution is 2.44. The highest BCUT2D eigenvalue weighted by Gasteiger charge is 2.31. The van der Waals surface area contributed by atoms with Gasteiger partial charge in [0.1, 0.15) is 0 Å². The van der Waals surface area contributed by atoms with Gasteiger partial charge in [-0.05, 0) is 119 Å². The first-order valence-corrected chi connectivity index (χ1v) is 17.4. The molecule has 7 aromatic carbocycles. The molecule has 0 aliphatic rings. The van der Waals surface area contributed by atoms with Gasteiger partial charge in [-0.3, -0.25) is 0 Å². The minimum atomic E-state index is -4.56. The Hall–Kier alpha value is -7.60. The van der Waals surface area contributed by atoms with E-state index in [9.17, 15) is 23.7 Å². The molecule has 0 aliphatic heterocycles. The van der Waals surface area contributed by atoms with Crippen LogP contribution in [0.5, 0.6) is 0 Å². The zero-order chi connectivity index (χ0) is 38.0. The predicted octanol–water partition coefficient (Wildman–Crippen LogP) is 12.8. The summed E-state index contributed by atoms with van der Waals surface area (Å²) in [7, 11) is 0. The van der Waals surface area contributed by atoms with E-state index in [1.807, 2.05) is 97.1 Å². The summed E-state index contributed by atoms with van der Waals surface area (Å²) >= 11 is 0. The fourth-order valence-corrected chi connectivity index (χ4v) is 7.88. The average molecular weight is 718 g/mol. The maximum atomic E-state index is 14.3. The van der Waals surface area contributed by atoms with E-state index in [0.29, 0.717) is 50.3 Å². The number of hydrogen-bond donors (Lipinski definition) is 0. The topological polar surface area (TPSA) is 61.8 Å². The number of nitrogens with zero attached hydrogens (tertiary/aromatic N) is 5. The Morgan fingerprint density at radius 3 is 1.89 bits per heavy atom. The monoisotopic (exact) mass is 717 g/mol. The van der Waals surface area contributed by atoms with Crippen molar-refractivity contribution in [2.75, 3.05) is 0 Å². The van der Waals surface area contributed by atoms with Gasteiger partial charge >= 0.3 is 6.18 Å². The Morgan fingerprint density at radius 1 is 0.564 bits per heavy atom. The second kappa shape index (κ2) is 12.5. The van der Waals surface area contributed by atoms with Crippen LogP contribution in [0, 0.1) is 36.2 Å². The van der Waals surface area contributed by atoms with Crippen LogP contribution in [0.25, 0.3) is 82.1 Å². The zero-order valence-corrected chi connectivity index (χ0v) is 29.1. The lowest BCUT2D eigenvalue weighted by atomic mass is 9.90. The summed E-state index contributed by atoms with van der Waals surface area (Å²) in [5, 5.41) is 23.6. The molecule has 0 bridgehead atoms. The van der Waals surface area contributed by atoms with E-state index in [1.54, 1.807) is 37.3 Å². The number of para-hydroxylation sites is 2. The highest BCUT2D eigenvalue weighted by molar-refractivity contribution is 6.12. The first-order valence-electron chi connectivity index (χ1n) is 17.4. The smallest absolute Gasteiger partial charge is 0.309 e. The maximum absolute atomic E-state index is 14.3. The van der Waals surface area contributed by atoms with Crippen molar-refractivity contribution in [1.82, 2.24) is 9.13 Å². The van der Waals surface area contributed by atoms with Crippen LogP contribution in [-0.4, -0.2) is 9.13 Å². The van der Waals surface area contributed by atoms with Gasteiger partial charge < -0.3 is 9.13 Å². The molecule has 260 valence electrons. The molecule has 0 saturated heterocycles. The van der Waals surface area contributed by atoms with Crippen molar-refractivity contribution < 1.29 is 13.2 Å². The van der Waals surface area contributed by atoms with Crippen molar-refractivity contribution in [2.24, 2.45) is 0 Å². The van der Waals surface area contributed by atoms with Crippen molar-refractivity contribution in [2.45, 2.75) is 13.1 Å². The second-order valence-electron chi connectivity index (χ2n) is 13.5. The normalized spacial score (nSPS) is 11.6. The Morgan fingerprint density at radius 2 is 1.18 bits per heavy atom. The molecule has 0 amide bonds. The number of halogens is 3. The molecule has 2 aromatic heterocycles. The molecule has 0 unspecified atom stereocenters. The number of nitriles is 2. The molecule has 2 heterocycles. The second-order valence-corrected chi connectivity index (χ2v) is 13.5. The van der Waals surface area contributed by atoms with Gasteiger partial charge in [-0.25, -0.2) is 4.85 Å². The standard InChI is InChI=1S/C47H26F3N5/c1-28-19-31(23-32(20-28)47(48,49)50)35-15-14-34(54-42-9-5-3-8-37(42)41-24-33(53-2)13-18-44(41)54)25-38(35)40-22-30(27-52)12-17-46(40)55-43-10-6-4-7-36(43)39-21-29(26-51)11-16-45(39)55/h3-25H,1H3. The van der Waals surface area contributed by atoms with Crippen molar-refractivity contribution in [3.05, 3.63) is 173 Å². The molecular formula is C47H26F3N5. The Labute approximate surface area is 313 Å². The summed E-state index contributed by atoms with van der Waals surface area (Å²) in [4.78, 5) is 3.66. The summed E-state index contributed by atoms with van der Waals surface area (Å²) in [6.45, 7) is 9.29. The summed E-state index contributed by atoms with van der Waals surface area (Å²) in [6, 6.07) is 46.6. The maximum Gasteiger partial charge on any atom is 0.416 e. The number of hydrogen-bond acceptors (Lipinski definition) is 2. The summed E-state index contributed by atoms with van der Waals surface area (Å²) in [5.74, 6) is 0. The van der Waals surface area contributed by atoms with Crippen molar-refractivity contribution in [3.63, 3.8) is 0 Å². The zero-order valence-electron chi connectivity index (χ0n) is 29.1. The summed E-state index contributed by atoms with van der Waals surface area (Å²) in [6.07, 6.45) is -4.56. The van der Waals surface area contributed by atoms with E-state index in [4.69, 9.17) is 6.57 Å². The molecular weight excluding hydrogens is 692 g/mol. The molecule has 0 saturated carbocycles. The molecule has 0 N–H and O–H groups in total. The number of rotatable bonds is 4. The summed E-state index contributed by atoms with van der Waals surface area (Å²) in [5.41, 5.74) is 8.21. The van der Waals surface area contributed by atoms with E-state index >= 15 is 0 Å². The third-order valence-electron chi connectivity index (χ3n) is 10.2. The molecule has 9 aromatic rings. The van der Waals surface area contributed by atoms with Crippen LogP contribution in [0.1, 0.15) is 22.3 Å². The quantitative estimate of drug-likeness (QED) is 0.170. The number of fused-ring (bicyclic) bond motifs is 6. The van der Waals surface area contributed by atoms with Gasteiger partial charge in [-0.1, -0.05) is 54.6 Å². The number of aromatic nitrogens is 2. The van der Waals surface area contributed by atoms with Gasteiger partial charge in [0, 0.05) is 27.4 Å². The Balaban J connectivity index is 1.41. The lowest BCUT2D eigenvalue weighted by Crippen LogP contribution is -2.06. The van der Waals surface area contributed by atoms with Gasteiger partial charge in [0.15, 0.2) is 5.69 Å². The minimum absolute atomic E-state index is 0.381. The fraction of sp³-hybridized carbons (Fsp3) is 0.0426. The van der Waals surface area contributed by atoms with Crippen LogP contribution >= 0.6 is 0 Å². The van der Waals surface area contributed by atoms with Gasteiger partial charge in [-0.15, -0.1) is 0 Å². The van der Waals surface area contributed by atoms with Crippen LogP contribution < -0.4 is 0 Å². The van der Waals surface area contributed by atoms with E-state index in [1.165, 1.54) is 6.07 Å². The lowest BCUT2D eigenvalue weighted by molar-refractivity contribution is -0.137. The Bertz CT molecular complexity index is 3200. The van der Waals surface area contributed by atoms with Gasteiger partial charge in [-0.2, -0.15) is 23.7 Å². The number of benzene rings is 7. The molecule has 9 rings (SSSR count). The van der Waals surface area contributed by atoms with Crippen molar-refractivity contribution >= 4 is 49.3 Å². The van der Waals surface area contributed by atoms with Crippen LogP contribution in [0.15, 0.2) is 140 Å². The predicted molar refractivity (Wildman–Crippen MR) is 211 cm³/mol. The van der Waals surface area contributed by atoms with Crippen LogP contribution in [0.2, 0.25) is 0 Å². The van der Waals surface area contributed by atoms with Gasteiger partial charge in [0.2, 0.25) is 0 Å². The van der Waals surface area contributed by atoms with Crippen LogP contribution in [0.4, 0.5) is 18.9 Å². The highest BCUT2D eigenvalue weighted by atomic mass is 19.4. The minimum Gasteiger partial charge on any atom is -0.309 e. The average Bonchev–Trinajstić information content (AvgIpc) is 3.71. The first kappa shape index (κ1) is 33.3. The lowest BCUT2D eigenvalue weighted by Gasteiger charge is -2.20. The molecule has 55 heavy (non-hydrogen) atoms. The van der Waals surface area contributed by atoms with Crippen molar-refractivity contribution in [3.8, 4) is 45.8 Å². The molecule has 0 fully saturated rings. The SMILES string of the molecule is [C-]#[N+]c1ccc2c(c1)c1ccccc1n2-c1ccc(-c2cc(C)cc(C(F)(F)F)c2)c(-c2cc(C#N)ccc2-n2c3ccccc3c3cc(C#N)ccc32)c1. The van der Waals surface area contributed by atoms with Gasteiger partial charge in [0.25, 0.3) is 0 Å². The van der Waals surface area contributed by atoms with Crippen LogP contribution in [-0.2, 0) is 6.18 Å². The molecule has 0 radical (unpaired) electrons. The molecule has 0 spiro atoms. The largest absolute Gasteiger partial charge is 0.416 e.